The molecule has 35 heavy (non-hydrogen) atoms. The third kappa shape index (κ3) is 4.23. The smallest absolute Gasteiger partial charge is 0.259 e. The van der Waals surface area contributed by atoms with E-state index in [1.807, 2.05) is 0 Å². The summed E-state index contributed by atoms with van der Waals surface area (Å²) in [7, 11) is -4.06. The molecule has 0 N–H and O–H groups in total. The number of sulfone groups is 1. The Morgan fingerprint density at radius 1 is 0.857 bits per heavy atom. The summed E-state index contributed by atoms with van der Waals surface area (Å²) in [5, 5.41) is 0. The number of hydrogen-bond donors (Lipinski definition) is 0. The molecule has 1 saturated heterocycles. The maximum atomic E-state index is 14.6. The van der Waals surface area contributed by atoms with Crippen LogP contribution in [0.5, 0.6) is 0 Å². The van der Waals surface area contributed by atoms with Crippen LogP contribution in [0.3, 0.4) is 0 Å². The molecule has 2 aliphatic heterocycles. The van der Waals surface area contributed by atoms with Crippen molar-refractivity contribution >= 4 is 27.3 Å². The Bertz CT molecular complexity index is 1410. The van der Waals surface area contributed by atoms with Crippen LogP contribution >= 0.6 is 0 Å². The van der Waals surface area contributed by atoms with Crippen LogP contribution in [0.25, 0.3) is 0 Å². The quantitative estimate of drug-likeness (QED) is 0.525. The summed E-state index contributed by atoms with van der Waals surface area (Å²) < 4.78 is 41.8. The third-order valence-electron chi connectivity index (χ3n) is 6.62. The molecule has 1 fully saturated rings. The van der Waals surface area contributed by atoms with Gasteiger partial charge in [0.05, 0.1) is 27.6 Å². The summed E-state index contributed by atoms with van der Waals surface area (Å²) in [6.45, 7) is 1.10. The number of hydrogen-bond acceptors (Lipinski definition) is 4. The Labute approximate surface area is 203 Å². The van der Waals surface area contributed by atoms with Crippen LogP contribution in [-0.4, -0.2) is 38.2 Å². The Morgan fingerprint density at radius 3 is 2.29 bits per heavy atom. The molecule has 0 atom stereocenters. The van der Waals surface area contributed by atoms with Crippen LogP contribution in [0, 0.1) is 5.82 Å². The van der Waals surface area contributed by atoms with Crippen LogP contribution in [0.15, 0.2) is 76.5 Å². The Balaban J connectivity index is 1.67. The molecule has 2 aliphatic rings. The number of carbonyl (C=O) groups excluding carboxylic acids is 2. The van der Waals surface area contributed by atoms with Gasteiger partial charge < -0.3 is 9.80 Å². The monoisotopic (exact) mass is 492 g/mol. The molecule has 3 aromatic rings. The summed E-state index contributed by atoms with van der Waals surface area (Å²) >= 11 is 0. The minimum absolute atomic E-state index is 0.0143. The average molecular weight is 493 g/mol. The largest absolute Gasteiger partial charge is 0.339 e. The van der Waals surface area contributed by atoms with E-state index < -0.39 is 21.6 Å². The predicted octanol–water partition coefficient (Wildman–Crippen LogP) is 4.84. The second-order valence-corrected chi connectivity index (χ2v) is 10.8. The fraction of sp³-hybridized carbons (Fsp3) is 0.259. The molecule has 0 radical (unpaired) electrons. The molecule has 0 unspecified atom stereocenters. The van der Waals surface area contributed by atoms with Crippen molar-refractivity contribution in [1.29, 1.82) is 0 Å². The van der Waals surface area contributed by atoms with Gasteiger partial charge in [0.15, 0.2) is 0 Å². The molecular formula is C27H25FN2O4S. The van der Waals surface area contributed by atoms with Gasteiger partial charge in [0, 0.05) is 24.2 Å². The van der Waals surface area contributed by atoms with Gasteiger partial charge in [-0.25, -0.2) is 12.8 Å². The minimum atomic E-state index is -4.06. The van der Waals surface area contributed by atoms with Gasteiger partial charge in [-0.05, 0) is 49.2 Å². The number of fused-ring (bicyclic) bond motifs is 2. The predicted molar refractivity (Wildman–Crippen MR) is 130 cm³/mol. The zero-order valence-electron chi connectivity index (χ0n) is 19.1. The summed E-state index contributed by atoms with van der Waals surface area (Å²) in [5.41, 5.74) is 0.640. The van der Waals surface area contributed by atoms with Gasteiger partial charge in [0.25, 0.3) is 11.8 Å². The molecule has 2 heterocycles. The molecule has 0 aliphatic carbocycles. The van der Waals surface area contributed by atoms with Gasteiger partial charge in [-0.3, -0.25) is 9.59 Å². The Kier molecular flexibility index (Phi) is 6.15. The highest BCUT2D eigenvalue weighted by molar-refractivity contribution is 7.91. The van der Waals surface area contributed by atoms with E-state index in [0.29, 0.717) is 18.7 Å². The van der Waals surface area contributed by atoms with E-state index in [-0.39, 0.29) is 39.1 Å². The summed E-state index contributed by atoms with van der Waals surface area (Å²) in [6.07, 6.45) is 3.96. The van der Waals surface area contributed by atoms with E-state index >= 15 is 0 Å². The van der Waals surface area contributed by atoms with Crippen molar-refractivity contribution < 1.29 is 22.4 Å². The highest BCUT2D eigenvalue weighted by atomic mass is 32.2. The van der Waals surface area contributed by atoms with Gasteiger partial charge in [-0.15, -0.1) is 0 Å². The number of amides is 2. The molecule has 8 heteroatoms. The molecule has 0 spiro atoms. The van der Waals surface area contributed by atoms with Gasteiger partial charge in [-0.1, -0.05) is 43.2 Å². The lowest BCUT2D eigenvalue weighted by molar-refractivity contribution is 0.0761. The van der Waals surface area contributed by atoms with Crippen molar-refractivity contribution in [1.82, 2.24) is 4.90 Å². The van der Waals surface area contributed by atoms with E-state index in [4.69, 9.17) is 0 Å². The highest BCUT2D eigenvalue weighted by Crippen LogP contribution is 2.38. The molecule has 0 aromatic heterocycles. The van der Waals surface area contributed by atoms with Crippen molar-refractivity contribution in [3.8, 4) is 0 Å². The molecule has 6 nitrogen and oxygen atoms in total. The molecule has 5 rings (SSSR count). The van der Waals surface area contributed by atoms with Crippen LogP contribution in [0.4, 0.5) is 10.1 Å². The van der Waals surface area contributed by atoms with E-state index in [1.54, 1.807) is 35.2 Å². The Morgan fingerprint density at radius 2 is 1.54 bits per heavy atom. The first-order chi connectivity index (χ1) is 16.9. The van der Waals surface area contributed by atoms with Gasteiger partial charge >= 0.3 is 0 Å². The minimum Gasteiger partial charge on any atom is -0.339 e. The van der Waals surface area contributed by atoms with Gasteiger partial charge in [-0.2, -0.15) is 0 Å². The highest BCUT2D eigenvalue weighted by Gasteiger charge is 2.36. The van der Waals surface area contributed by atoms with Crippen LogP contribution in [-0.2, 0) is 16.4 Å². The van der Waals surface area contributed by atoms with E-state index in [1.165, 1.54) is 41.3 Å². The van der Waals surface area contributed by atoms with Crippen molar-refractivity contribution in [3.63, 3.8) is 0 Å². The Hall–Kier alpha value is -3.52. The molecule has 3 aromatic carbocycles. The molecule has 0 saturated carbocycles. The van der Waals surface area contributed by atoms with E-state index in [9.17, 15) is 22.4 Å². The lowest BCUT2D eigenvalue weighted by atomic mass is 10.1. The molecule has 2 amide bonds. The van der Waals surface area contributed by atoms with E-state index in [2.05, 4.69) is 0 Å². The number of nitrogens with zero attached hydrogens (tertiary/aromatic N) is 2. The molecule has 180 valence electrons. The average Bonchev–Trinajstić information content (AvgIpc) is 3.19. The first-order valence-corrected chi connectivity index (χ1v) is 13.2. The standard InChI is InChI=1S/C27H25FN2O4S/c28-22-11-5-3-9-20(22)18-30-23-17-19(26(31)29-15-7-1-2-8-16-29)13-14-25(23)35(33,34)24-12-6-4-10-21(24)27(30)32/h3-6,9-14,17H,1-2,7-8,15-16,18H2. The number of rotatable bonds is 3. The number of likely N-dealkylation sites (tertiary alicyclic amines) is 1. The van der Waals surface area contributed by atoms with Gasteiger partial charge in [0.1, 0.15) is 5.82 Å². The zero-order chi connectivity index (χ0) is 24.6. The van der Waals surface area contributed by atoms with Crippen molar-refractivity contribution in [2.24, 2.45) is 0 Å². The summed E-state index contributed by atoms with van der Waals surface area (Å²) in [4.78, 5) is 29.8. The maximum Gasteiger partial charge on any atom is 0.259 e. The van der Waals surface area contributed by atoms with Crippen LogP contribution in [0.2, 0.25) is 0 Å². The number of carbonyl (C=O) groups is 2. The first kappa shape index (κ1) is 23.2. The van der Waals surface area contributed by atoms with Crippen LogP contribution in [0.1, 0.15) is 52.0 Å². The summed E-state index contributed by atoms with van der Waals surface area (Å²) in [5.74, 6) is -1.27. The second kappa shape index (κ2) is 9.26. The van der Waals surface area contributed by atoms with Crippen molar-refractivity contribution in [2.75, 3.05) is 18.0 Å². The van der Waals surface area contributed by atoms with Crippen molar-refractivity contribution in [3.05, 3.63) is 89.2 Å². The maximum absolute atomic E-state index is 14.6. The number of halogens is 1. The third-order valence-corrected chi connectivity index (χ3v) is 8.48. The van der Waals surface area contributed by atoms with Crippen molar-refractivity contribution in [2.45, 2.75) is 42.0 Å². The normalized spacial score (nSPS) is 17.2. The lowest BCUT2D eigenvalue weighted by Crippen LogP contribution is -2.33. The fourth-order valence-corrected chi connectivity index (χ4v) is 6.38. The first-order valence-electron chi connectivity index (χ1n) is 11.7. The molecular weight excluding hydrogens is 467 g/mol. The molecule has 0 bridgehead atoms. The van der Waals surface area contributed by atoms with Gasteiger partial charge in [0.2, 0.25) is 9.84 Å². The zero-order valence-corrected chi connectivity index (χ0v) is 19.9. The summed E-state index contributed by atoms with van der Waals surface area (Å²) in [6, 6.07) is 16.4. The second-order valence-electron chi connectivity index (χ2n) is 8.87. The fourth-order valence-electron chi connectivity index (χ4n) is 4.75. The number of anilines is 1. The van der Waals surface area contributed by atoms with E-state index in [0.717, 1.165) is 25.7 Å². The van der Waals surface area contributed by atoms with Crippen LogP contribution < -0.4 is 4.90 Å². The topological polar surface area (TPSA) is 74.8 Å². The lowest BCUT2D eigenvalue weighted by Gasteiger charge is -2.25. The number of benzene rings is 3. The SMILES string of the molecule is O=C(c1ccc2c(c1)N(Cc1ccccc1F)C(=O)c1ccccc1S2(=O)=O)N1CCCCCC1.